The van der Waals surface area contributed by atoms with E-state index in [4.69, 9.17) is 23.7 Å². The van der Waals surface area contributed by atoms with Gasteiger partial charge < -0.3 is 33.7 Å². The van der Waals surface area contributed by atoms with Crippen LogP contribution in [0.2, 0.25) is 0 Å². The average Bonchev–Trinajstić information content (AvgIpc) is 2.82. The van der Waals surface area contributed by atoms with Crippen LogP contribution in [0.25, 0.3) is 0 Å². The molecule has 0 saturated heterocycles. The van der Waals surface area contributed by atoms with Crippen molar-refractivity contribution in [2.45, 2.75) is 46.5 Å². The van der Waals surface area contributed by atoms with Crippen molar-refractivity contribution in [1.82, 2.24) is 4.90 Å². The molecule has 0 aliphatic carbocycles. The number of unbranched alkanes of at least 4 members (excludes halogenated alkanes) is 2. The zero-order valence-electron chi connectivity index (χ0n) is 21.0. The Morgan fingerprint density at radius 2 is 1.55 bits per heavy atom. The zero-order valence-corrected chi connectivity index (χ0v) is 21.8. The molecule has 0 rings (SSSR count). The molecule has 10 heteroatoms. The molecule has 1 atom stereocenters. The van der Waals surface area contributed by atoms with Crippen LogP contribution in [0.5, 0.6) is 0 Å². The fourth-order valence-corrected chi connectivity index (χ4v) is 3.41. The summed E-state index contributed by atoms with van der Waals surface area (Å²) in [6.45, 7) is 9.68. The van der Waals surface area contributed by atoms with Gasteiger partial charge in [0.05, 0.1) is 26.4 Å². The van der Waals surface area contributed by atoms with Crippen LogP contribution in [0.1, 0.15) is 46.5 Å². The van der Waals surface area contributed by atoms with Gasteiger partial charge in [0.2, 0.25) is 0 Å². The maximum absolute atomic E-state index is 12.4. The van der Waals surface area contributed by atoms with Crippen LogP contribution < -0.4 is 0 Å². The number of ether oxygens (including phenoxy) is 5. The van der Waals surface area contributed by atoms with Gasteiger partial charge in [0.25, 0.3) is 0 Å². The van der Waals surface area contributed by atoms with Crippen molar-refractivity contribution >= 4 is 23.9 Å². The van der Waals surface area contributed by atoms with Gasteiger partial charge in [-0.2, -0.15) is 11.8 Å². The van der Waals surface area contributed by atoms with Crippen molar-refractivity contribution in [3.05, 3.63) is 0 Å². The Labute approximate surface area is 203 Å². The van der Waals surface area contributed by atoms with Gasteiger partial charge in [-0.25, -0.2) is 4.79 Å². The summed E-state index contributed by atoms with van der Waals surface area (Å²) in [7, 11) is 1.57. The number of nitrogens with zero attached hydrogens (tertiary/aromatic N) is 1. The fraction of sp³-hybridized carbons (Fsp3) is 0.913. The number of aliphatic hydroxyl groups excluding tert-OH is 1. The summed E-state index contributed by atoms with van der Waals surface area (Å²) in [5.74, 6) is 1.05. The summed E-state index contributed by atoms with van der Waals surface area (Å²) in [6.07, 6.45) is 3.89. The molecule has 9 nitrogen and oxygen atoms in total. The van der Waals surface area contributed by atoms with Gasteiger partial charge in [-0.05, 0) is 32.9 Å². The summed E-state index contributed by atoms with van der Waals surface area (Å²) in [5, 5.41) is 9.63. The lowest BCUT2D eigenvalue weighted by Gasteiger charge is -2.24. The van der Waals surface area contributed by atoms with Gasteiger partial charge in [-0.3, -0.25) is 4.79 Å². The first kappa shape index (κ1) is 31.9. The zero-order chi connectivity index (χ0) is 24.8. The third-order valence-corrected chi connectivity index (χ3v) is 5.82. The summed E-state index contributed by atoms with van der Waals surface area (Å²) in [6, 6.07) is 0. The second-order valence-electron chi connectivity index (χ2n) is 8.01. The molecule has 1 unspecified atom stereocenters. The van der Waals surface area contributed by atoms with Crippen molar-refractivity contribution in [3.8, 4) is 0 Å². The van der Waals surface area contributed by atoms with Crippen LogP contribution >= 0.6 is 11.8 Å². The Balaban J connectivity index is 4.07. The highest BCUT2D eigenvalue weighted by atomic mass is 32.2. The van der Waals surface area contributed by atoms with Crippen molar-refractivity contribution in [2.24, 2.45) is 5.41 Å². The van der Waals surface area contributed by atoms with E-state index in [0.29, 0.717) is 19.0 Å². The minimum Gasteiger partial charge on any atom is -0.464 e. The lowest BCUT2D eigenvalue weighted by atomic mass is 9.93. The molecule has 0 aliphatic heterocycles. The van der Waals surface area contributed by atoms with Gasteiger partial charge >= 0.3 is 12.1 Å². The highest BCUT2D eigenvalue weighted by Gasteiger charge is 2.36. The number of hydrogen-bond donors (Lipinski definition) is 1. The van der Waals surface area contributed by atoms with Crippen molar-refractivity contribution in [1.29, 1.82) is 0 Å². The molecule has 196 valence electrons. The summed E-state index contributed by atoms with van der Waals surface area (Å²) >= 11 is 1.74. The molecule has 0 fully saturated rings. The topological polar surface area (TPSA) is 104 Å². The quantitative estimate of drug-likeness (QED) is 0.178. The molecule has 0 aliphatic rings. The van der Waals surface area contributed by atoms with Crippen LogP contribution in [0.4, 0.5) is 4.79 Å². The molecule has 1 N–H and O–H groups in total. The number of carbonyl (C=O) groups is 2. The predicted molar refractivity (Wildman–Crippen MR) is 130 cm³/mol. The molecule has 0 saturated carbocycles. The van der Waals surface area contributed by atoms with Gasteiger partial charge in [0, 0.05) is 25.2 Å². The van der Waals surface area contributed by atoms with Gasteiger partial charge in [0.15, 0.2) is 0 Å². The van der Waals surface area contributed by atoms with Gasteiger partial charge in [0.1, 0.15) is 25.2 Å². The minimum absolute atomic E-state index is 0.0222. The number of aliphatic hydroxyl groups is 1. The molecule has 0 aromatic rings. The molecule has 0 bridgehead atoms. The summed E-state index contributed by atoms with van der Waals surface area (Å²) in [5.41, 5.74) is -1.34. The largest absolute Gasteiger partial charge is 0.508 e. The monoisotopic (exact) mass is 495 g/mol. The Hall–Kier alpha value is -1.07. The Kier molecular flexibility index (Phi) is 20.8. The number of thioether (sulfide) groups is 1. The van der Waals surface area contributed by atoms with E-state index in [-0.39, 0.29) is 26.4 Å². The molecular weight excluding hydrogens is 450 g/mol. The van der Waals surface area contributed by atoms with Crippen LogP contribution in [0, 0.1) is 5.41 Å². The normalized spacial score (nSPS) is 13.0. The number of methoxy groups -OCH3 is 1. The molecule has 0 heterocycles. The molecule has 0 amide bonds. The SMILES string of the molecule is CCCCN(CCCC)CCSCCOC(=O)C(C)(CO)COC(=O)OCCOCCOC. The van der Waals surface area contributed by atoms with Crippen molar-refractivity contribution in [3.63, 3.8) is 0 Å². The molecule has 0 aromatic heterocycles. The smallest absolute Gasteiger partial charge is 0.464 e. The maximum Gasteiger partial charge on any atom is 0.508 e. The van der Waals surface area contributed by atoms with Crippen LogP contribution in [0.15, 0.2) is 0 Å². The summed E-state index contributed by atoms with van der Waals surface area (Å²) < 4.78 is 25.1. The van der Waals surface area contributed by atoms with E-state index in [9.17, 15) is 14.7 Å². The Bertz CT molecular complexity index is 489. The first-order valence-corrected chi connectivity index (χ1v) is 13.0. The molecule has 0 spiro atoms. The average molecular weight is 496 g/mol. The van der Waals surface area contributed by atoms with E-state index in [2.05, 4.69) is 18.7 Å². The van der Waals surface area contributed by atoms with E-state index >= 15 is 0 Å². The number of rotatable bonds is 22. The summed E-state index contributed by atoms with van der Waals surface area (Å²) in [4.78, 5) is 26.6. The van der Waals surface area contributed by atoms with E-state index < -0.39 is 24.1 Å². The Morgan fingerprint density at radius 3 is 2.15 bits per heavy atom. The number of carbonyl (C=O) groups excluding carboxylic acids is 2. The number of hydrogen-bond acceptors (Lipinski definition) is 10. The van der Waals surface area contributed by atoms with Crippen molar-refractivity contribution in [2.75, 3.05) is 84.5 Å². The molecular formula is C23H45NO8S. The highest BCUT2D eigenvalue weighted by Crippen LogP contribution is 2.19. The van der Waals surface area contributed by atoms with Crippen LogP contribution in [-0.2, 0) is 28.5 Å². The predicted octanol–water partition coefficient (Wildman–Crippen LogP) is 2.98. The second-order valence-corrected chi connectivity index (χ2v) is 9.23. The van der Waals surface area contributed by atoms with Crippen LogP contribution in [-0.4, -0.2) is 107 Å². The van der Waals surface area contributed by atoms with E-state index in [1.165, 1.54) is 32.6 Å². The lowest BCUT2D eigenvalue weighted by Crippen LogP contribution is -2.39. The third kappa shape index (κ3) is 17.1. The Morgan fingerprint density at radius 1 is 0.879 bits per heavy atom. The standard InChI is InChI=1S/C23H45NO8S/c1-5-7-9-24(10-8-6-2)11-17-33-18-16-30-21(26)23(3,19-25)20-32-22(27)31-15-14-29-13-12-28-4/h25H,5-20H2,1-4H3. The first-order valence-electron chi connectivity index (χ1n) is 11.9. The highest BCUT2D eigenvalue weighted by molar-refractivity contribution is 7.99. The van der Waals surface area contributed by atoms with E-state index in [0.717, 1.165) is 25.4 Å². The maximum atomic E-state index is 12.4. The first-order chi connectivity index (χ1) is 15.9. The molecule has 0 aromatic carbocycles. The van der Waals surface area contributed by atoms with Crippen LogP contribution in [0.3, 0.4) is 0 Å². The second kappa shape index (κ2) is 21.5. The van der Waals surface area contributed by atoms with Crippen molar-refractivity contribution < 1.29 is 38.4 Å². The van der Waals surface area contributed by atoms with Gasteiger partial charge in [-0.15, -0.1) is 0 Å². The van der Waals surface area contributed by atoms with E-state index in [1.807, 2.05) is 0 Å². The van der Waals surface area contributed by atoms with Gasteiger partial charge in [-0.1, -0.05) is 26.7 Å². The number of esters is 1. The molecule has 0 radical (unpaired) electrons. The minimum atomic E-state index is -1.34. The fourth-order valence-electron chi connectivity index (χ4n) is 2.62. The molecule has 33 heavy (non-hydrogen) atoms. The van der Waals surface area contributed by atoms with E-state index in [1.54, 1.807) is 18.9 Å². The lowest BCUT2D eigenvalue weighted by molar-refractivity contribution is -0.159. The third-order valence-electron chi connectivity index (χ3n) is 4.90.